The van der Waals surface area contributed by atoms with E-state index >= 15 is 0 Å². The van der Waals surface area contributed by atoms with Crippen LogP contribution in [0.5, 0.6) is 23.0 Å². The summed E-state index contributed by atoms with van der Waals surface area (Å²) in [4.78, 5) is 0. The smallest absolute Gasteiger partial charge is 0.228 e. The number of hydrogen-bond acceptors (Lipinski definition) is 3. The average molecular weight is 233 g/mol. The Morgan fingerprint density at radius 1 is 0.765 bits per heavy atom. The molecule has 89 valence electrons. The van der Waals surface area contributed by atoms with Gasteiger partial charge in [0.1, 0.15) is 0 Å². The minimum absolute atomic E-state index is 0.147. The Morgan fingerprint density at radius 2 is 1.35 bits per heavy atom. The molecule has 4 heteroatoms. The molecule has 0 unspecified atom stereocenters. The largest absolute Gasteiger partial charge is 0.493 e. The van der Waals surface area contributed by atoms with Crippen LogP contribution in [0, 0.1) is 0 Å². The predicted molar refractivity (Wildman–Crippen MR) is 63.7 cm³/mol. The van der Waals surface area contributed by atoms with Crippen LogP contribution in [0.25, 0.3) is 10.8 Å². The fraction of sp³-hybridized carbons (Fsp3) is 0.231. The first kappa shape index (κ1) is 11.4. The first-order valence-corrected chi connectivity index (χ1v) is 5.11. The van der Waals surface area contributed by atoms with Gasteiger partial charge in [-0.2, -0.15) is 0 Å². The Morgan fingerprint density at radius 3 is 1.94 bits per heavy atom. The van der Waals surface area contributed by atoms with Crippen LogP contribution in [0.15, 0.2) is 24.3 Å². The highest BCUT2D eigenvalue weighted by atomic mass is 16.5. The molecule has 0 aromatic heterocycles. The van der Waals surface area contributed by atoms with Crippen molar-refractivity contribution in [2.45, 2.75) is 0 Å². The molecular weight excluding hydrogens is 220 g/mol. The maximum atomic E-state index is 12.0. The summed E-state index contributed by atoms with van der Waals surface area (Å²) in [5, 5.41) is 13.3. The Kier molecular flexibility index (Phi) is 2.95. The van der Waals surface area contributed by atoms with Gasteiger partial charge in [0.05, 0.1) is 21.3 Å². The zero-order chi connectivity index (χ0) is 12.4. The Labute approximate surface area is 99.3 Å². The molecule has 0 aliphatic rings. The standard InChI is InChI=1S/C13H13O4/c1-15-10-6-5-9-8(12(10)14)4-7-11(16-2)13(9)17-3/h4-7H,1-3H3. The lowest BCUT2D eigenvalue weighted by Crippen LogP contribution is -1.92. The number of hydrogen-bond donors (Lipinski definition) is 0. The fourth-order valence-electron chi connectivity index (χ4n) is 1.84. The van der Waals surface area contributed by atoms with Crippen molar-refractivity contribution in [1.82, 2.24) is 0 Å². The van der Waals surface area contributed by atoms with E-state index in [9.17, 15) is 5.11 Å². The summed E-state index contributed by atoms with van der Waals surface area (Å²) in [6, 6.07) is 6.84. The molecule has 17 heavy (non-hydrogen) atoms. The van der Waals surface area contributed by atoms with Gasteiger partial charge < -0.3 is 14.2 Å². The van der Waals surface area contributed by atoms with Crippen LogP contribution in [0.1, 0.15) is 0 Å². The van der Waals surface area contributed by atoms with Crippen LogP contribution in [0.2, 0.25) is 0 Å². The van der Waals surface area contributed by atoms with Crippen LogP contribution in [0.3, 0.4) is 0 Å². The first-order valence-electron chi connectivity index (χ1n) is 5.11. The number of fused-ring (bicyclic) bond motifs is 1. The molecule has 2 aromatic carbocycles. The zero-order valence-electron chi connectivity index (χ0n) is 9.94. The summed E-state index contributed by atoms with van der Waals surface area (Å²) in [6.07, 6.45) is 0. The maximum absolute atomic E-state index is 12.0. The SMILES string of the molecule is COc1ccc2c(OC)c(OC)ccc2c1[O]. The highest BCUT2D eigenvalue weighted by Crippen LogP contribution is 2.42. The van der Waals surface area contributed by atoms with E-state index in [2.05, 4.69) is 0 Å². The van der Waals surface area contributed by atoms with E-state index in [0.717, 1.165) is 5.39 Å². The summed E-state index contributed by atoms with van der Waals surface area (Å²) in [5.41, 5.74) is 0. The summed E-state index contributed by atoms with van der Waals surface area (Å²) >= 11 is 0. The molecule has 0 heterocycles. The van der Waals surface area contributed by atoms with Crippen molar-refractivity contribution >= 4 is 10.8 Å². The molecule has 0 saturated heterocycles. The lowest BCUT2D eigenvalue weighted by Gasteiger charge is -2.11. The molecule has 0 saturated carbocycles. The van der Waals surface area contributed by atoms with Gasteiger partial charge in [0, 0.05) is 10.8 Å². The van der Waals surface area contributed by atoms with E-state index in [1.807, 2.05) is 0 Å². The number of ether oxygens (including phenoxy) is 3. The van der Waals surface area contributed by atoms with Crippen molar-refractivity contribution in [2.75, 3.05) is 21.3 Å². The summed E-state index contributed by atoms with van der Waals surface area (Å²) < 4.78 is 15.5. The minimum atomic E-state index is -0.147. The summed E-state index contributed by atoms with van der Waals surface area (Å²) in [7, 11) is 4.58. The van der Waals surface area contributed by atoms with E-state index in [0.29, 0.717) is 22.6 Å². The normalized spacial score (nSPS) is 10.3. The van der Waals surface area contributed by atoms with Crippen LogP contribution in [0.4, 0.5) is 0 Å². The van der Waals surface area contributed by atoms with Gasteiger partial charge in [-0.15, -0.1) is 0 Å². The molecule has 0 fully saturated rings. The van der Waals surface area contributed by atoms with Crippen molar-refractivity contribution in [2.24, 2.45) is 0 Å². The fourth-order valence-corrected chi connectivity index (χ4v) is 1.84. The second-order valence-corrected chi connectivity index (χ2v) is 3.49. The van der Waals surface area contributed by atoms with Crippen molar-refractivity contribution in [3.8, 4) is 23.0 Å². The van der Waals surface area contributed by atoms with Gasteiger partial charge in [0.25, 0.3) is 0 Å². The Balaban J connectivity index is 2.79. The van der Waals surface area contributed by atoms with E-state index in [-0.39, 0.29) is 5.75 Å². The van der Waals surface area contributed by atoms with E-state index in [1.54, 1.807) is 38.5 Å². The number of methoxy groups -OCH3 is 3. The maximum Gasteiger partial charge on any atom is 0.228 e. The Hall–Kier alpha value is -2.10. The molecule has 0 spiro atoms. The molecular formula is C13H13O4. The number of rotatable bonds is 3. The molecule has 2 rings (SSSR count). The van der Waals surface area contributed by atoms with Crippen molar-refractivity contribution in [3.63, 3.8) is 0 Å². The van der Waals surface area contributed by atoms with Crippen LogP contribution in [-0.4, -0.2) is 21.3 Å². The number of benzene rings is 2. The van der Waals surface area contributed by atoms with Gasteiger partial charge >= 0.3 is 0 Å². The van der Waals surface area contributed by atoms with Gasteiger partial charge in [0.15, 0.2) is 17.2 Å². The molecule has 0 aliphatic heterocycles. The van der Waals surface area contributed by atoms with Crippen molar-refractivity contribution < 1.29 is 19.3 Å². The third-order valence-corrected chi connectivity index (χ3v) is 2.67. The second kappa shape index (κ2) is 4.41. The summed E-state index contributed by atoms with van der Waals surface area (Å²) in [5.74, 6) is 1.34. The lowest BCUT2D eigenvalue weighted by molar-refractivity contribution is 0.319. The van der Waals surface area contributed by atoms with Gasteiger partial charge in [-0.1, -0.05) is 0 Å². The minimum Gasteiger partial charge on any atom is -0.493 e. The molecule has 2 aromatic rings. The van der Waals surface area contributed by atoms with Crippen LogP contribution < -0.4 is 14.2 Å². The Bertz CT molecular complexity index is 549. The molecule has 0 atom stereocenters. The quantitative estimate of drug-likeness (QED) is 0.818. The van der Waals surface area contributed by atoms with Gasteiger partial charge in [-0.05, 0) is 24.3 Å². The first-order chi connectivity index (χ1) is 8.22. The zero-order valence-corrected chi connectivity index (χ0v) is 9.94. The molecule has 4 nitrogen and oxygen atoms in total. The molecule has 1 radical (unpaired) electrons. The van der Waals surface area contributed by atoms with Gasteiger partial charge in [0.2, 0.25) is 5.75 Å². The highest BCUT2D eigenvalue weighted by molar-refractivity contribution is 5.96. The molecule has 0 bridgehead atoms. The van der Waals surface area contributed by atoms with E-state index in [4.69, 9.17) is 14.2 Å². The van der Waals surface area contributed by atoms with E-state index < -0.39 is 0 Å². The third kappa shape index (κ3) is 1.71. The average Bonchev–Trinajstić information content (AvgIpc) is 2.37. The van der Waals surface area contributed by atoms with Crippen LogP contribution in [-0.2, 0) is 5.11 Å². The predicted octanol–water partition coefficient (Wildman–Crippen LogP) is 3.01. The van der Waals surface area contributed by atoms with Crippen LogP contribution >= 0.6 is 0 Å². The van der Waals surface area contributed by atoms with Gasteiger partial charge in [-0.25, -0.2) is 0 Å². The van der Waals surface area contributed by atoms with E-state index in [1.165, 1.54) is 7.11 Å². The molecule has 0 aliphatic carbocycles. The lowest BCUT2D eigenvalue weighted by atomic mass is 10.1. The van der Waals surface area contributed by atoms with Gasteiger partial charge in [-0.3, -0.25) is 5.11 Å². The molecule has 0 amide bonds. The topological polar surface area (TPSA) is 47.6 Å². The molecule has 0 N–H and O–H groups in total. The third-order valence-electron chi connectivity index (χ3n) is 2.67. The van der Waals surface area contributed by atoms with Crippen molar-refractivity contribution in [1.29, 1.82) is 0 Å². The van der Waals surface area contributed by atoms with Crippen molar-refractivity contribution in [3.05, 3.63) is 24.3 Å². The highest BCUT2D eigenvalue weighted by Gasteiger charge is 2.15. The second-order valence-electron chi connectivity index (χ2n) is 3.49. The monoisotopic (exact) mass is 233 g/mol. The summed E-state index contributed by atoms with van der Waals surface area (Å²) in [6.45, 7) is 0.